The number of rotatable bonds is 7. The van der Waals surface area contributed by atoms with E-state index in [0.717, 1.165) is 22.4 Å². The minimum Gasteiger partial charge on any atom is -0.411 e. The standard InChI is InChI=1S/C21H24N4O2S/c1-13(2)16-8-5-9-17(14(3)4)19(16)23-18(26)12-28-21-25-24-20(27-21)15-7-6-10-22-11-15/h5-11,13-14H,12H2,1-4H3,(H,23,26). The summed E-state index contributed by atoms with van der Waals surface area (Å²) in [7, 11) is 0. The van der Waals surface area contributed by atoms with Gasteiger partial charge in [-0.05, 0) is 35.1 Å². The van der Waals surface area contributed by atoms with Gasteiger partial charge in [0.05, 0.1) is 11.3 Å². The molecule has 0 unspecified atom stereocenters. The summed E-state index contributed by atoms with van der Waals surface area (Å²) in [6.45, 7) is 8.51. The molecule has 3 aromatic rings. The summed E-state index contributed by atoms with van der Waals surface area (Å²) < 4.78 is 5.61. The van der Waals surface area contributed by atoms with Gasteiger partial charge in [-0.25, -0.2) is 0 Å². The molecule has 0 fully saturated rings. The summed E-state index contributed by atoms with van der Waals surface area (Å²) in [6.07, 6.45) is 3.34. The Morgan fingerprint density at radius 3 is 2.39 bits per heavy atom. The summed E-state index contributed by atoms with van der Waals surface area (Å²) in [5.41, 5.74) is 3.95. The highest BCUT2D eigenvalue weighted by Crippen LogP contribution is 2.32. The lowest BCUT2D eigenvalue weighted by atomic mass is 9.92. The Balaban J connectivity index is 1.68. The summed E-state index contributed by atoms with van der Waals surface area (Å²) in [4.78, 5) is 16.6. The highest BCUT2D eigenvalue weighted by Gasteiger charge is 2.17. The third-order valence-electron chi connectivity index (χ3n) is 4.28. The summed E-state index contributed by atoms with van der Waals surface area (Å²) in [5, 5.41) is 11.5. The molecule has 2 heterocycles. The average molecular weight is 397 g/mol. The first-order valence-electron chi connectivity index (χ1n) is 9.25. The van der Waals surface area contributed by atoms with Crippen LogP contribution in [0.1, 0.15) is 50.7 Å². The molecule has 0 radical (unpaired) electrons. The lowest BCUT2D eigenvalue weighted by Crippen LogP contribution is -2.17. The van der Waals surface area contributed by atoms with E-state index < -0.39 is 0 Å². The zero-order chi connectivity index (χ0) is 20.1. The number of benzene rings is 1. The first kappa shape index (κ1) is 20.1. The fourth-order valence-electron chi connectivity index (χ4n) is 2.87. The van der Waals surface area contributed by atoms with Gasteiger partial charge in [0.1, 0.15) is 0 Å². The van der Waals surface area contributed by atoms with Crippen LogP contribution in [0.2, 0.25) is 0 Å². The van der Waals surface area contributed by atoms with E-state index in [9.17, 15) is 4.79 Å². The minimum atomic E-state index is -0.0962. The first-order valence-corrected chi connectivity index (χ1v) is 10.2. The maximum absolute atomic E-state index is 12.6. The lowest BCUT2D eigenvalue weighted by Gasteiger charge is -2.20. The normalized spacial score (nSPS) is 11.2. The second kappa shape index (κ2) is 9.01. The van der Waals surface area contributed by atoms with Crippen molar-refractivity contribution in [3.05, 3.63) is 53.9 Å². The Labute approximate surface area is 169 Å². The molecule has 1 aromatic carbocycles. The predicted octanol–water partition coefficient (Wildman–Crippen LogP) is 5.11. The van der Waals surface area contributed by atoms with Crippen LogP contribution in [-0.4, -0.2) is 26.8 Å². The number of hydrogen-bond acceptors (Lipinski definition) is 6. The van der Waals surface area contributed by atoms with Crippen molar-refractivity contribution in [3.63, 3.8) is 0 Å². The van der Waals surface area contributed by atoms with Crippen molar-refractivity contribution in [2.24, 2.45) is 0 Å². The Kier molecular flexibility index (Phi) is 6.46. The molecule has 28 heavy (non-hydrogen) atoms. The van der Waals surface area contributed by atoms with Crippen LogP contribution in [0.3, 0.4) is 0 Å². The van der Waals surface area contributed by atoms with Gasteiger partial charge in [0, 0.05) is 18.1 Å². The van der Waals surface area contributed by atoms with Crippen LogP contribution in [0.4, 0.5) is 5.69 Å². The second-order valence-electron chi connectivity index (χ2n) is 7.07. The van der Waals surface area contributed by atoms with E-state index in [1.807, 2.05) is 12.1 Å². The van der Waals surface area contributed by atoms with Crippen LogP contribution in [0, 0.1) is 0 Å². The topological polar surface area (TPSA) is 80.9 Å². The minimum absolute atomic E-state index is 0.0962. The van der Waals surface area contributed by atoms with Crippen LogP contribution in [0.5, 0.6) is 0 Å². The van der Waals surface area contributed by atoms with Crippen LogP contribution >= 0.6 is 11.8 Å². The number of thioether (sulfide) groups is 1. The molecule has 146 valence electrons. The fourth-order valence-corrected chi connectivity index (χ4v) is 3.44. The van der Waals surface area contributed by atoms with E-state index in [-0.39, 0.29) is 11.7 Å². The van der Waals surface area contributed by atoms with Crippen LogP contribution in [-0.2, 0) is 4.79 Å². The maximum Gasteiger partial charge on any atom is 0.277 e. The maximum atomic E-state index is 12.6. The highest BCUT2D eigenvalue weighted by molar-refractivity contribution is 7.99. The van der Waals surface area contributed by atoms with Gasteiger partial charge in [0.2, 0.25) is 11.8 Å². The molecule has 0 aliphatic carbocycles. The fraction of sp³-hybridized carbons (Fsp3) is 0.333. The molecule has 7 heteroatoms. The molecule has 0 atom stereocenters. The van der Waals surface area contributed by atoms with E-state index in [1.54, 1.807) is 18.5 Å². The number of hydrogen-bond donors (Lipinski definition) is 1. The molecule has 2 aromatic heterocycles. The summed E-state index contributed by atoms with van der Waals surface area (Å²) >= 11 is 1.22. The molecule has 0 saturated carbocycles. The van der Waals surface area contributed by atoms with Crippen LogP contribution in [0.15, 0.2) is 52.4 Å². The summed E-state index contributed by atoms with van der Waals surface area (Å²) in [6, 6.07) is 9.83. The van der Waals surface area contributed by atoms with E-state index in [1.165, 1.54) is 11.8 Å². The van der Waals surface area contributed by atoms with Gasteiger partial charge in [-0.3, -0.25) is 9.78 Å². The first-order chi connectivity index (χ1) is 13.5. The number of carbonyl (C=O) groups is 1. The van der Waals surface area contributed by atoms with E-state index in [2.05, 4.69) is 60.3 Å². The molecule has 0 saturated heterocycles. The molecule has 0 bridgehead atoms. The molecular weight excluding hydrogens is 372 g/mol. The third kappa shape index (κ3) is 4.78. The molecule has 0 aliphatic rings. The molecular formula is C21H24N4O2S. The van der Waals surface area contributed by atoms with Crippen molar-refractivity contribution in [3.8, 4) is 11.5 Å². The van der Waals surface area contributed by atoms with E-state index in [4.69, 9.17) is 4.42 Å². The molecule has 1 N–H and O–H groups in total. The van der Waals surface area contributed by atoms with Crippen molar-refractivity contribution >= 4 is 23.4 Å². The third-order valence-corrected chi connectivity index (χ3v) is 5.10. The second-order valence-corrected chi connectivity index (χ2v) is 8.00. The predicted molar refractivity (Wildman–Crippen MR) is 112 cm³/mol. The Hall–Kier alpha value is -2.67. The molecule has 6 nitrogen and oxygen atoms in total. The number of pyridine rings is 1. The van der Waals surface area contributed by atoms with Gasteiger partial charge in [-0.1, -0.05) is 57.7 Å². The van der Waals surface area contributed by atoms with Gasteiger partial charge in [0.15, 0.2) is 0 Å². The molecule has 3 rings (SSSR count). The van der Waals surface area contributed by atoms with Crippen molar-refractivity contribution < 1.29 is 9.21 Å². The van der Waals surface area contributed by atoms with Crippen molar-refractivity contribution in [2.45, 2.75) is 44.8 Å². The van der Waals surface area contributed by atoms with Crippen LogP contribution < -0.4 is 5.32 Å². The number of aromatic nitrogens is 3. The zero-order valence-corrected chi connectivity index (χ0v) is 17.3. The Morgan fingerprint density at radius 2 is 1.79 bits per heavy atom. The van der Waals surface area contributed by atoms with E-state index >= 15 is 0 Å². The highest BCUT2D eigenvalue weighted by atomic mass is 32.2. The van der Waals surface area contributed by atoms with Crippen LogP contribution in [0.25, 0.3) is 11.5 Å². The zero-order valence-electron chi connectivity index (χ0n) is 16.5. The van der Waals surface area contributed by atoms with Gasteiger partial charge < -0.3 is 9.73 Å². The molecule has 0 spiro atoms. The smallest absolute Gasteiger partial charge is 0.277 e. The van der Waals surface area contributed by atoms with Crippen molar-refractivity contribution in [1.82, 2.24) is 15.2 Å². The molecule has 0 aliphatic heterocycles. The van der Waals surface area contributed by atoms with Crippen molar-refractivity contribution in [1.29, 1.82) is 0 Å². The number of carbonyl (C=O) groups excluding carboxylic acids is 1. The number of nitrogens with zero attached hydrogens (tertiary/aromatic N) is 3. The lowest BCUT2D eigenvalue weighted by molar-refractivity contribution is -0.113. The molecule has 1 amide bonds. The summed E-state index contributed by atoms with van der Waals surface area (Å²) in [5.74, 6) is 1.13. The van der Waals surface area contributed by atoms with Crippen molar-refractivity contribution in [2.75, 3.05) is 11.1 Å². The van der Waals surface area contributed by atoms with Gasteiger partial charge in [-0.2, -0.15) is 0 Å². The Bertz CT molecular complexity index is 912. The SMILES string of the molecule is CC(C)c1cccc(C(C)C)c1NC(=O)CSc1nnc(-c2cccnc2)o1. The van der Waals surface area contributed by atoms with E-state index in [0.29, 0.717) is 22.9 Å². The number of anilines is 1. The number of nitrogens with one attached hydrogen (secondary N) is 1. The number of amides is 1. The quantitative estimate of drug-likeness (QED) is 0.559. The Morgan fingerprint density at radius 1 is 1.07 bits per heavy atom. The largest absolute Gasteiger partial charge is 0.411 e. The number of para-hydroxylation sites is 1. The monoisotopic (exact) mass is 396 g/mol. The van der Waals surface area contributed by atoms with Gasteiger partial charge in [0.25, 0.3) is 5.22 Å². The van der Waals surface area contributed by atoms with Gasteiger partial charge >= 0.3 is 0 Å². The average Bonchev–Trinajstić information content (AvgIpc) is 3.16. The van der Waals surface area contributed by atoms with Gasteiger partial charge in [-0.15, -0.1) is 10.2 Å².